The first-order chi connectivity index (χ1) is 10.2. The van der Waals surface area contributed by atoms with Gasteiger partial charge in [-0.25, -0.2) is 0 Å². The number of ether oxygens (including phenoxy) is 2. The minimum absolute atomic E-state index is 0. The van der Waals surface area contributed by atoms with Crippen LogP contribution in [0.4, 0.5) is 0 Å². The largest absolute Gasteiger partial charge is 0.493 e. The topological polar surface area (TPSA) is 59.6 Å². The van der Waals surface area contributed by atoms with E-state index in [0.717, 1.165) is 30.8 Å². The third-order valence-corrected chi connectivity index (χ3v) is 4.48. The van der Waals surface area contributed by atoms with Gasteiger partial charge in [0.2, 0.25) is 0 Å². The van der Waals surface area contributed by atoms with E-state index in [0.29, 0.717) is 19.4 Å². The molecule has 1 fully saturated rings. The summed E-state index contributed by atoms with van der Waals surface area (Å²) in [6, 6.07) is 7.89. The van der Waals surface area contributed by atoms with Crippen molar-refractivity contribution >= 4 is 18.3 Å². The van der Waals surface area contributed by atoms with Crippen molar-refractivity contribution in [1.82, 2.24) is 10.6 Å². The van der Waals surface area contributed by atoms with Crippen molar-refractivity contribution in [1.29, 1.82) is 0 Å². The normalized spacial score (nSPS) is 22.7. The van der Waals surface area contributed by atoms with Crippen molar-refractivity contribution < 1.29 is 14.3 Å². The highest BCUT2D eigenvalue weighted by Gasteiger charge is 2.41. The SMILES string of the molecule is COC1(C(=O)NC2CCOc3ccccc32)CCNCC1.Cl. The Labute approximate surface area is 137 Å². The number of rotatable bonds is 3. The molecule has 0 bridgehead atoms. The summed E-state index contributed by atoms with van der Waals surface area (Å²) in [6.07, 6.45) is 2.21. The third kappa shape index (κ3) is 3.21. The van der Waals surface area contributed by atoms with Crippen molar-refractivity contribution in [2.75, 3.05) is 26.8 Å². The van der Waals surface area contributed by atoms with Crippen LogP contribution in [0.25, 0.3) is 0 Å². The number of carbonyl (C=O) groups is 1. The van der Waals surface area contributed by atoms with Crippen molar-refractivity contribution in [3.05, 3.63) is 29.8 Å². The zero-order valence-electron chi connectivity index (χ0n) is 12.8. The van der Waals surface area contributed by atoms with Gasteiger partial charge in [-0.3, -0.25) is 4.79 Å². The maximum absolute atomic E-state index is 12.7. The minimum Gasteiger partial charge on any atom is -0.493 e. The van der Waals surface area contributed by atoms with Crippen LogP contribution in [-0.2, 0) is 9.53 Å². The Balaban J connectivity index is 0.00000176. The average molecular weight is 327 g/mol. The molecule has 2 aliphatic rings. The van der Waals surface area contributed by atoms with Gasteiger partial charge in [-0.05, 0) is 32.0 Å². The van der Waals surface area contributed by atoms with Crippen LogP contribution in [-0.4, -0.2) is 38.3 Å². The molecule has 1 aromatic rings. The highest BCUT2D eigenvalue weighted by Crippen LogP contribution is 2.33. The number of halogens is 1. The molecule has 0 aliphatic carbocycles. The fourth-order valence-electron chi connectivity index (χ4n) is 3.14. The number of para-hydroxylation sites is 1. The second kappa shape index (κ2) is 7.31. The number of benzene rings is 1. The van der Waals surface area contributed by atoms with E-state index in [1.165, 1.54) is 0 Å². The summed E-state index contributed by atoms with van der Waals surface area (Å²) in [7, 11) is 1.63. The lowest BCUT2D eigenvalue weighted by molar-refractivity contribution is -0.147. The third-order valence-electron chi connectivity index (χ3n) is 4.48. The Kier molecular flexibility index (Phi) is 5.67. The summed E-state index contributed by atoms with van der Waals surface area (Å²) in [5.41, 5.74) is 0.357. The molecular weight excluding hydrogens is 304 g/mol. The van der Waals surface area contributed by atoms with E-state index >= 15 is 0 Å². The zero-order valence-corrected chi connectivity index (χ0v) is 13.6. The molecular formula is C16H23ClN2O3. The number of nitrogens with one attached hydrogen (secondary N) is 2. The summed E-state index contributed by atoms with van der Waals surface area (Å²) in [4.78, 5) is 12.7. The molecule has 1 aromatic carbocycles. The maximum atomic E-state index is 12.7. The molecule has 22 heavy (non-hydrogen) atoms. The number of carbonyl (C=O) groups excluding carboxylic acids is 1. The second-order valence-corrected chi connectivity index (χ2v) is 5.65. The molecule has 2 aliphatic heterocycles. The van der Waals surface area contributed by atoms with E-state index in [4.69, 9.17) is 9.47 Å². The van der Waals surface area contributed by atoms with Gasteiger partial charge >= 0.3 is 0 Å². The van der Waals surface area contributed by atoms with Gasteiger partial charge < -0.3 is 20.1 Å². The molecule has 1 atom stereocenters. The van der Waals surface area contributed by atoms with Crippen LogP contribution >= 0.6 is 12.4 Å². The molecule has 1 amide bonds. The van der Waals surface area contributed by atoms with Crippen molar-refractivity contribution in [2.24, 2.45) is 0 Å². The Hall–Kier alpha value is -1.30. The van der Waals surface area contributed by atoms with Gasteiger partial charge in [0.05, 0.1) is 12.6 Å². The van der Waals surface area contributed by atoms with Crippen molar-refractivity contribution in [3.63, 3.8) is 0 Å². The highest BCUT2D eigenvalue weighted by atomic mass is 35.5. The van der Waals surface area contributed by atoms with Gasteiger partial charge in [0.25, 0.3) is 5.91 Å². The van der Waals surface area contributed by atoms with Gasteiger partial charge in [0, 0.05) is 19.1 Å². The van der Waals surface area contributed by atoms with E-state index in [1.807, 2.05) is 24.3 Å². The van der Waals surface area contributed by atoms with Gasteiger partial charge in [-0.1, -0.05) is 18.2 Å². The van der Waals surface area contributed by atoms with E-state index in [-0.39, 0.29) is 24.4 Å². The second-order valence-electron chi connectivity index (χ2n) is 5.65. The molecule has 2 N–H and O–H groups in total. The summed E-state index contributed by atoms with van der Waals surface area (Å²) in [5.74, 6) is 0.860. The van der Waals surface area contributed by atoms with Crippen LogP contribution in [0, 0.1) is 0 Å². The predicted octanol–water partition coefficient (Wildman–Crippen LogP) is 1.82. The number of piperidine rings is 1. The molecule has 3 rings (SSSR count). The molecule has 0 radical (unpaired) electrons. The monoisotopic (exact) mass is 326 g/mol. The fourth-order valence-corrected chi connectivity index (χ4v) is 3.14. The van der Waals surface area contributed by atoms with Crippen LogP contribution in [0.15, 0.2) is 24.3 Å². The predicted molar refractivity (Wildman–Crippen MR) is 86.5 cm³/mol. The maximum Gasteiger partial charge on any atom is 0.252 e. The number of hydrogen-bond acceptors (Lipinski definition) is 4. The molecule has 2 heterocycles. The Morgan fingerprint density at radius 1 is 1.36 bits per heavy atom. The number of methoxy groups -OCH3 is 1. The lowest BCUT2D eigenvalue weighted by atomic mass is 9.90. The molecule has 122 valence electrons. The fraction of sp³-hybridized carbons (Fsp3) is 0.562. The van der Waals surface area contributed by atoms with E-state index in [1.54, 1.807) is 7.11 Å². The van der Waals surface area contributed by atoms with Gasteiger partial charge in [-0.2, -0.15) is 0 Å². The van der Waals surface area contributed by atoms with E-state index < -0.39 is 5.60 Å². The standard InChI is InChI=1S/C16H22N2O3.ClH/c1-20-16(7-9-17-10-8-16)15(19)18-13-6-11-21-14-5-3-2-4-12(13)14;/h2-5,13,17H,6-11H2,1H3,(H,18,19);1H. The first-order valence-corrected chi connectivity index (χ1v) is 7.54. The van der Waals surface area contributed by atoms with Crippen LogP contribution in [0.5, 0.6) is 5.75 Å². The summed E-state index contributed by atoms with van der Waals surface area (Å²) >= 11 is 0. The molecule has 0 spiro atoms. The van der Waals surface area contributed by atoms with Crippen LogP contribution in [0.1, 0.15) is 30.9 Å². The molecule has 1 saturated heterocycles. The Bertz CT molecular complexity index is 518. The van der Waals surface area contributed by atoms with E-state index in [2.05, 4.69) is 10.6 Å². The average Bonchev–Trinajstić information content (AvgIpc) is 2.56. The molecule has 0 saturated carbocycles. The number of fused-ring (bicyclic) bond motifs is 1. The zero-order chi connectivity index (χ0) is 14.7. The number of amides is 1. The van der Waals surface area contributed by atoms with Crippen LogP contribution in [0.2, 0.25) is 0 Å². The lowest BCUT2D eigenvalue weighted by Crippen LogP contribution is -2.55. The lowest BCUT2D eigenvalue weighted by Gasteiger charge is -2.37. The summed E-state index contributed by atoms with van der Waals surface area (Å²) in [5, 5.41) is 6.43. The van der Waals surface area contributed by atoms with E-state index in [9.17, 15) is 4.79 Å². The van der Waals surface area contributed by atoms with Gasteiger partial charge in [-0.15, -0.1) is 12.4 Å². The molecule has 5 nitrogen and oxygen atoms in total. The smallest absolute Gasteiger partial charge is 0.252 e. The molecule has 6 heteroatoms. The van der Waals surface area contributed by atoms with Crippen LogP contribution < -0.4 is 15.4 Å². The summed E-state index contributed by atoms with van der Waals surface area (Å²) in [6.45, 7) is 2.25. The number of hydrogen-bond donors (Lipinski definition) is 2. The molecule has 0 aromatic heterocycles. The quantitative estimate of drug-likeness (QED) is 0.889. The minimum atomic E-state index is -0.696. The Morgan fingerprint density at radius 3 is 2.82 bits per heavy atom. The van der Waals surface area contributed by atoms with Gasteiger partial charge in [0.1, 0.15) is 11.4 Å². The Morgan fingerprint density at radius 2 is 2.09 bits per heavy atom. The van der Waals surface area contributed by atoms with Crippen molar-refractivity contribution in [3.8, 4) is 5.75 Å². The van der Waals surface area contributed by atoms with Crippen LogP contribution in [0.3, 0.4) is 0 Å². The first kappa shape index (κ1) is 17.1. The van der Waals surface area contributed by atoms with Crippen molar-refractivity contribution in [2.45, 2.75) is 30.9 Å². The first-order valence-electron chi connectivity index (χ1n) is 7.54. The van der Waals surface area contributed by atoms with Gasteiger partial charge in [0.15, 0.2) is 0 Å². The summed E-state index contributed by atoms with van der Waals surface area (Å²) < 4.78 is 11.2. The highest BCUT2D eigenvalue weighted by molar-refractivity contribution is 5.86. The molecule has 1 unspecified atom stereocenters.